The number of para-hydroxylation sites is 1. The molecule has 2 aromatic rings. The van der Waals surface area contributed by atoms with Crippen molar-refractivity contribution in [1.82, 2.24) is 4.90 Å². The minimum atomic E-state index is -0.0577. The molecule has 0 heterocycles. The molecule has 0 bridgehead atoms. The maximum absolute atomic E-state index is 12.1. The largest absolute Gasteiger partial charge is 0.494 e. The van der Waals surface area contributed by atoms with Crippen LogP contribution in [0.15, 0.2) is 54.6 Å². The Bertz CT molecular complexity index is 581. The van der Waals surface area contributed by atoms with E-state index in [1.807, 2.05) is 61.5 Å². The minimum absolute atomic E-state index is 0.0392. The lowest BCUT2D eigenvalue weighted by atomic mass is 10.2. The van der Waals surface area contributed by atoms with Crippen molar-refractivity contribution >= 4 is 5.91 Å². The molecule has 22 heavy (non-hydrogen) atoms. The Hall–Kier alpha value is -2.49. The van der Waals surface area contributed by atoms with Crippen molar-refractivity contribution in [2.45, 2.75) is 13.5 Å². The van der Waals surface area contributed by atoms with Gasteiger partial charge in [-0.15, -0.1) is 0 Å². The number of likely N-dealkylation sites (N-methyl/N-ethyl adjacent to an activating group) is 1. The molecule has 0 atom stereocenters. The van der Waals surface area contributed by atoms with E-state index in [1.54, 1.807) is 11.9 Å². The fraction of sp³-hybridized carbons (Fsp3) is 0.278. The quantitative estimate of drug-likeness (QED) is 0.788. The minimum Gasteiger partial charge on any atom is -0.494 e. The van der Waals surface area contributed by atoms with E-state index in [-0.39, 0.29) is 12.5 Å². The van der Waals surface area contributed by atoms with Gasteiger partial charge in [0.05, 0.1) is 6.61 Å². The third-order valence-corrected chi connectivity index (χ3v) is 3.19. The Labute approximate surface area is 131 Å². The average Bonchev–Trinajstić information content (AvgIpc) is 2.55. The third kappa shape index (κ3) is 4.81. The van der Waals surface area contributed by atoms with Crippen LogP contribution in [0.3, 0.4) is 0 Å². The van der Waals surface area contributed by atoms with Crippen molar-refractivity contribution in [3.63, 3.8) is 0 Å². The van der Waals surface area contributed by atoms with Crippen molar-refractivity contribution in [1.29, 1.82) is 0 Å². The molecule has 4 heteroatoms. The van der Waals surface area contributed by atoms with Gasteiger partial charge in [0.2, 0.25) is 0 Å². The highest BCUT2D eigenvalue weighted by molar-refractivity contribution is 5.77. The smallest absolute Gasteiger partial charge is 0.260 e. The molecule has 2 rings (SSSR count). The summed E-state index contributed by atoms with van der Waals surface area (Å²) < 4.78 is 10.9. The van der Waals surface area contributed by atoms with E-state index in [4.69, 9.17) is 9.47 Å². The van der Waals surface area contributed by atoms with Gasteiger partial charge in [0, 0.05) is 13.6 Å². The Morgan fingerprint density at radius 3 is 2.23 bits per heavy atom. The fourth-order valence-electron chi connectivity index (χ4n) is 1.99. The van der Waals surface area contributed by atoms with Crippen molar-refractivity contribution in [2.24, 2.45) is 0 Å². The summed E-state index contributed by atoms with van der Waals surface area (Å²) in [5, 5.41) is 0. The van der Waals surface area contributed by atoms with Crippen LogP contribution in [0.5, 0.6) is 11.5 Å². The Kier molecular flexibility index (Phi) is 5.83. The molecule has 0 spiro atoms. The first-order valence-corrected chi connectivity index (χ1v) is 7.32. The van der Waals surface area contributed by atoms with Crippen LogP contribution < -0.4 is 9.47 Å². The first-order chi connectivity index (χ1) is 10.7. The van der Waals surface area contributed by atoms with Crippen LogP contribution in [0.1, 0.15) is 12.5 Å². The molecule has 0 fully saturated rings. The van der Waals surface area contributed by atoms with Gasteiger partial charge in [-0.2, -0.15) is 0 Å². The maximum atomic E-state index is 12.1. The second-order valence-corrected chi connectivity index (χ2v) is 4.93. The molecule has 0 aromatic heterocycles. The first-order valence-electron chi connectivity index (χ1n) is 7.32. The summed E-state index contributed by atoms with van der Waals surface area (Å²) in [5.41, 5.74) is 1.05. The Morgan fingerprint density at radius 2 is 1.59 bits per heavy atom. The molecule has 0 N–H and O–H groups in total. The number of hydrogen-bond acceptors (Lipinski definition) is 3. The maximum Gasteiger partial charge on any atom is 0.260 e. The second-order valence-electron chi connectivity index (χ2n) is 4.93. The highest BCUT2D eigenvalue weighted by Gasteiger charge is 2.10. The Morgan fingerprint density at radius 1 is 0.955 bits per heavy atom. The van der Waals surface area contributed by atoms with E-state index in [0.29, 0.717) is 18.9 Å². The number of rotatable bonds is 7. The SMILES string of the molecule is CCOc1ccc(CN(C)C(=O)COc2ccccc2)cc1. The summed E-state index contributed by atoms with van der Waals surface area (Å²) in [7, 11) is 1.77. The van der Waals surface area contributed by atoms with E-state index >= 15 is 0 Å². The lowest BCUT2D eigenvalue weighted by Gasteiger charge is -2.18. The van der Waals surface area contributed by atoms with Crippen LogP contribution in [0.25, 0.3) is 0 Å². The van der Waals surface area contributed by atoms with Gasteiger partial charge >= 0.3 is 0 Å². The van der Waals surface area contributed by atoms with Gasteiger partial charge in [-0.05, 0) is 36.8 Å². The lowest BCUT2D eigenvalue weighted by molar-refractivity contribution is -0.132. The zero-order chi connectivity index (χ0) is 15.8. The number of carbonyl (C=O) groups is 1. The van der Waals surface area contributed by atoms with Gasteiger partial charge in [0.15, 0.2) is 6.61 Å². The topological polar surface area (TPSA) is 38.8 Å². The first kappa shape index (κ1) is 15.9. The molecular weight excluding hydrogens is 278 g/mol. The molecule has 0 saturated carbocycles. The monoisotopic (exact) mass is 299 g/mol. The Balaban J connectivity index is 1.83. The van der Waals surface area contributed by atoms with E-state index in [0.717, 1.165) is 11.3 Å². The summed E-state index contributed by atoms with van der Waals surface area (Å²) in [6.07, 6.45) is 0. The average molecular weight is 299 g/mol. The molecule has 0 aliphatic rings. The zero-order valence-corrected chi connectivity index (χ0v) is 13.0. The van der Waals surface area contributed by atoms with Crippen LogP contribution in [0.2, 0.25) is 0 Å². The molecular formula is C18H21NO3. The van der Waals surface area contributed by atoms with Crippen molar-refractivity contribution in [3.05, 3.63) is 60.2 Å². The third-order valence-electron chi connectivity index (χ3n) is 3.19. The van der Waals surface area contributed by atoms with E-state index in [1.165, 1.54) is 0 Å². The van der Waals surface area contributed by atoms with Gasteiger partial charge in [0.1, 0.15) is 11.5 Å². The number of hydrogen-bond donors (Lipinski definition) is 0. The zero-order valence-electron chi connectivity index (χ0n) is 13.0. The molecule has 0 unspecified atom stereocenters. The molecule has 2 aromatic carbocycles. The summed E-state index contributed by atoms with van der Waals surface area (Å²) in [4.78, 5) is 13.7. The molecule has 0 saturated heterocycles. The highest BCUT2D eigenvalue weighted by atomic mass is 16.5. The van der Waals surface area contributed by atoms with Crippen LogP contribution in [-0.2, 0) is 11.3 Å². The normalized spacial score (nSPS) is 10.1. The summed E-state index contributed by atoms with van der Waals surface area (Å²) in [6, 6.07) is 17.1. The molecule has 1 amide bonds. The highest BCUT2D eigenvalue weighted by Crippen LogP contribution is 2.13. The van der Waals surface area contributed by atoms with Crippen molar-refractivity contribution < 1.29 is 14.3 Å². The standard InChI is InChI=1S/C18H21NO3/c1-3-21-17-11-9-15(10-12-17)13-19(2)18(20)14-22-16-7-5-4-6-8-16/h4-12H,3,13-14H2,1-2H3. The van der Waals surface area contributed by atoms with Crippen LogP contribution in [0, 0.1) is 0 Å². The van der Waals surface area contributed by atoms with Crippen molar-refractivity contribution in [2.75, 3.05) is 20.3 Å². The number of nitrogens with zero attached hydrogens (tertiary/aromatic N) is 1. The number of ether oxygens (including phenoxy) is 2. The fourth-order valence-corrected chi connectivity index (χ4v) is 1.99. The van der Waals surface area contributed by atoms with E-state index in [9.17, 15) is 4.79 Å². The number of carbonyl (C=O) groups excluding carboxylic acids is 1. The number of benzene rings is 2. The summed E-state index contributed by atoms with van der Waals surface area (Å²) >= 11 is 0. The molecule has 116 valence electrons. The van der Waals surface area contributed by atoms with Crippen LogP contribution in [-0.4, -0.2) is 31.1 Å². The van der Waals surface area contributed by atoms with Gasteiger partial charge in [0.25, 0.3) is 5.91 Å². The second kappa shape index (κ2) is 8.08. The van der Waals surface area contributed by atoms with E-state index < -0.39 is 0 Å². The van der Waals surface area contributed by atoms with Crippen LogP contribution in [0.4, 0.5) is 0 Å². The molecule has 0 radical (unpaired) electrons. The number of amides is 1. The predicted octanol–water partition coefficient (Wildman–Crippen LogP) is 3.12. The lowest BCUT2D eigenvalue weighted by Crippen LogP contribution is -2.30. The molecule has 0 aliphatic heterocycles. The summed E-state index contributed by atoms with van der Waals surface area (Å²) in [5.74, 6) is 1.48. The summed E-state index contributed by atoms with van der Waals surface area (Å²) in [6.45, 7) is 3.18. The molecule has 0 aliphatic carbocycles. The molecule has 4 nitrogen and oxygen atoms in total. The van der Waals surface area contributed by atoms with Gasteiger partial charge < -0.3 is 14.4 Å². The van der Waals surface area contributed by atoms with Gasteiger partial charge in [-0.3, -0.25) is 4.79 Å². The van der Waals surface area contributed by atoms with E-state index in [2.05, 4.69) is 0 Å². The van der Waals surface area contributed by atoms with Gasteiger partial charge in [-0.1, -0.05) is 30.3 Å². The van der Waals surface area contributed by atoms with Gasteiger partial charge in [-0.25, -0.2) is 0 Å². The van der Waals surface area contributed by atoms with Crippen molar-refractivity contribution in [3.8, 4) is 11.5 Å². The van der Waals surface area contributed by atoms with Crippen LogP contribution >= 0.6 is 0 Å². The predicted molar refractivity (Wildman–Crippen MR) is 86.0 cm³/mol.